The summed E-state index contributed by atoms with van der Waals surface area (Å²) in [5.74, 6) is -0.646. The van der Waals surface area contributed by atoms with Crippen molar-refractivity contribution < 1.29 is 48.3 Å². The van der Waals surface area contributed by atoms with Crippen molar-refractivity contribution >= 4 is 35.0 Å². The first-order valence-corrected chi connectivity index (χ1v) is 13.7. The van der Waals surface area contributed by atoms with E-state index in [0.717, 1.165) is 12.2 Å². The number of aliphatic hydroxyl groups excluding tert-OH is 2. The van der Waals surface area contributed by atoms with Crippen molar-refractivity contribution in [2.75, 3.05) is 28.4 Å². The lowest BCUT2D eigenvalue weighted by Crippen LogP contribution is -2.02. The fraction of sp³-hybridized carbons (Fsp3) is 0.111. The molecule has 0 fully saturated rings. The largest absolute Gasteiger partial charge is 0.507 e. The van der Waals surface area contributed by atoms with Crippen LogP contribution >= 0.6 is 0 Å². The zero-order valence-electron chi connectivity index (χ0n) is 25.6. The topological polar surface area (TPSA) is 146 Å². The molecule has 236 valence electrons. The average molecular weight is 625 g/mol. The van der Waals surface area contributed by atoms with Gasteiger partial charge in [-0.2, -0.15) is 0 Å². The zero-order valence-corrected chi connectivity index (χ0v) is 25.6. The monoisotopic (exact) mass is 624 g/mol. The third-order valence-electron chi connectivity index (χ3n) is 6.49. The maximum Gasteiger partial charge on any atom is 0.337 e. The normalized spacial score (nSPS) is 11.0. The molecule has 0 aliphatic rings. The summed E-state index contributed by atoms with van der Waals surface area (Å²) in [6.07, 6.45) is 2.27. The number of esters is 2. The van der Waals surface area contributed by atoms with E-state index in [1.165, 1.54) is 62.8 Å². The van der Waals surface area contributed by atoms with Crippen LogP contribution in [-0.2, 0) is 9.47 Å². The summed E-state index contributed by atoms with van der Waals surface area (Å²) in [5, 5.41) is 20.0. The van der Waals surface area contributed by atoms with Gasteiger partial charge in [-0.3, -0.25) is 9.59 Å². The molecule has 10 nitrogen and oxygen atoms in total. The highest BCUT2D eigenvalue weighted by Crippen LogP contribution is 2.19. The van der Waals surface area contributed by atoms with Gasteiger partial charge < -0.3 is 29.2 Å². The maximum absolute atomic E-state index is 12.1. The van der Waals surface area contributed by atoms with Crippen LogP contribution in [0.1, 0.15) is 52.6 Å². The van der Waals surface area contributed by atoms with Gasteiger partial charge in [0.2, 0.25) is 0 Å². The van der Waals surface area contributed by atoms with Gasteiger partial charge in [-0.05, 0) is 72.8 Å². The molecular weight excluding hydrogens is 592 g/mol. The van der Waals surface area contributed by atoms with Gasteiger partial charge in [0, 0.05) is 34.4 Å². The van der Waals surface area contributed by atoms with Gasteiger partial charge in [0.25, 0.3) is 0 Å². The number of ketones is 2. The molecule has 4 aromatic rings. The smallest absolute Gasteiger partial charge is 0.337 e. The Hall–Kier alpha value is -6.16. The fourth-order valence-electron chi connectivity index (χ4n) is 3.88. The van der Waals surface area contributed by atoms with Gasteiger partial charge in [0.1, 0.15) is 23.0 Å². The summed E-state index contributed by atoms with van der Waals surface area (Å²) in [6, 6.07) is 25.4. The molecule has 0 radical (unpaired) electrons. The lowest BCUT2D eigenvalue weighted by molar-refractivity contribution is 0.0592. The molecule has 0 aromatic heterocycles. The number of allylic oxidation sites excluding steroid dienone is 2. The molecule has 0 atom stereocenters. The number of aliphatic hydroxyl groups is 2. The molecule has 0 amide bonds. The second-order valence-electron chi connectivity index (χ2n) is 9.38. The maximum atomic E-state index is 12.1. The second kappa shape index (κ2) is 16.6. The number of ether oxygens (including phenoxy) is 4. The van der Waals surface area contributed by atoms with Crippen LogP contribution in [0.5, 0.6) is 11.5 Å². The fourth-order valence-corrected chi connectivity index (χ4v) is 3.88. The minimum absolute atomic E-state index is 0.144. The number of methoxy groups -OCH3 is 4. The second-order valence-corrected chi connectivity index (χ2v) is 9.38. The van der Waals surface area contributed by atoms with Gasteiger partial charge in [0.15, 0.2) is 11.6 Å². The highest BCUT2D eigenvalue weighted by Gasteiger charge is 2.11. The van der Waals surface area contributed by atoms with Crippen molar-refractivity contribution in [3.8, 4) is 11.5 Å². The van der Waals surface area contributed by atoms with Crippen LogP contribution in [0.4, 0.5) is 0 Å². The van der Waals surface area contributed by atoms with Crippen LogP contribution in [0.2, 0.25) is 0 Å². The van der Waals surface area contributed by atoms with Crippen molar-refractivity contribution in [1.29, 1.82) is 0 Å². The summed E-state index contributed by atoms with van der Waals surface area (Å²) < 4.78 is 19.3. The molecule has 0 heterocycles. The van der Waals surface area contributed by atoms with E-state index in [-0.39, 0.29) is 23.1 Å². The van der Waals surface area contributed by atoms with Crippen molar-refractivity contribution in [3.05, 3.63) is 143 Å². The molecule has 0 unspecified atom stereocenters. The van der Waals surface area contributed by atoms with Gasteiger partial charge in [0.05, 0.1) is 39.6 Å². The first-order chi connectivity index (χ1) is 22.1. The minimum Gasteiger partial charge on any atom is -0.507 e. The summed E-state index contributed by atoms with van der Waals surface area (Å²) in [7, 11) is 5.67. The lowest BCUT2D eigenvalue weighted by atomic mass is 10.1. The molecule has 4 aromatic carbocycles. The summed E-state index contributed by atoms with van der Waals surface area (Å²) >= 11 is 0. The molecule has 46 heavy (non-hydrogen) atoms. The third-order valence-corrected chi connectivity index (χ3v) is 6.49. The van der Waals surface area contributed by atoms with Crippen LogP contribution in [0.15, 0.2) is 109 Å². The van der Waals surface area contributed by atoms with Gasteiger partial charge >= 0.3 is 11.9 Å². The molecule has 0 spiro atoms. The predicted molar refractivity (Wildman–Crippen MR) is 171 cm³/mol. The summed E-state index contributed by atoms with van der Waals surface area (Å²) in [5.41, 5.74) is 2.44. The molecule has 0 aliphatic heterocycles. The molecule has 2 N–H and O–H groups in total. The van der Waals surface area contributed by atoms with Crippen LogP contribution in [-0.4, -0.2) is 62.2 Å². The van der Waals surface area contributed by atoms with Crippen LogP contribution in [0, 0.1) is 0 Å². The zero-order chi connectivity index (χ0) is 33.6. The number of carbonyl (C=O) groups is 4. The highest BCUT2D eigenvalue weighted by molar-refractivity contribution is 6.09. The van der Waals surface area contributed by atoms with E-state index in [9.17, 15) is 29.4 Å². The molecule has 0 aliphatic carbocycles. The highest BCUT2D eigenvalue weighted by atomic mass is 16.5. The predicted octanol–water partition coefficient (Wildman–Crippen LogP) is 6.53. The van der Waals surface area contributed by atoms with Crippen LogP contribution in [0.25, 0.3) is 11.5 Å². The number of rotatable bonds is 10. The van der Waals surface area contributed by atoms with Crippen molar-refractivity contribution in [1.82, 2.24) is 0 Å². The number of carbonyl (C=O) groups excluding carboxylic acids is 4. The number of benzene rings is 4. The Morgan fingerprint density at radius 3 is 0.957 bits per heavy atom. The molecule has 0 saturated carbocycles. The van der Waals surface area contributed by atoms with Crippen LogP contribution < -0.4 is 9.47 Å². The Kier molecular flexibility index (Phi) is 12.4. The Morgan fingerprint density at radius 1 is 0.435 bits per heavy atom. The third kappa shape index (κ3) is 9.42. The van der Waals surface area contributed by atoms with Crippen LogP contribution in [0.3, 0.4) is 0 Å². The minimum atomic E-state index is -0.472. The SMILES string of the molecule is COC(=O)c1ccc(C(=O)/C=C(\O)c2ccc(OC)cc2)cc1.COC(=O)c1ccc(C(=O)/C=C(\O)c2ccc(OC)cc2)cc1. The van der Waals surface area contributed by atoms with E-state index in [4.69, 9.17) is 9.47 Å². The number of hydrogen-bond donors (Lipinski definition) is 2. The first-order valence-electron chi connectivity index (χ1n) is 13.7. The Bertz CT molecular complexity index is 1590. The molecule has 0 bridgehead atoms. The molecule has 0 saturated heterocycles. The molecular formula is C36H32O10. The van der Waals surface area contributed by atoms with Gasteiger partial charge in [-0.25, -0.2) is 9.59 Å². The quantitative estimate of drug-likeness (QED) is 0.0865. The average Bonchev–Trinajstić information content (AvgIpc) is 3.11. The Labute approximate surface area is 265 Å². The number of hydrogen-bond acceptors (Lipinski definition) is 10. The summed E-state index contributed by atoms with van der Waals surface area (Å²) in [4.78, 5) is 46.9. The van der Waals surface area contributed by atoms with Crippen molar-refractivity contribution in [3.63, 3.8) is 0 Å². The van der Waals surface area contributed by atoms with Crippen molar-refractivity contribution in [2.45, 2.75) is 0 Å². The Balaban J connectivity index is 0.000000250. The first kappa shape index (κ1) is 34.3. The Morgan fingerprint density at radius 2 is 0.696 bits per heavy atom. The van der Waals surface area contributed by atoms with E-state index in [1.54, 1.807) is 62.8 Å². The van der Waals surface area contributed by atoms with E-state index < -0.39 is 11.9 Å². The van der Waals surface area contributed by atoms with E-state index in [2.05, 4.69) is 9.47 Å². The van der Waals surface area contributed by atoms with E-state index in [1.807, 2.05) is 0 Å². The molecule has 10 heteroatoms. The van der Waals surface area contributed by atoms with E-state index in [0.29, 0.717) is 44.9 Å². The van der Waals surface area contributed by atoms with Crippen molar-refractivity contribution in [2.24, 2.45) is 0 Å². The standard InChI is InChI=1S/2C18H16O5/c2*1-22-15-9-7-13(8-10-15)17(20)11-16(19)12-3-5-14(6-4-12)18(21)23-2/h2*3-11,20H,1-2H3/b2*17-11-. The van der Waals surface area contributed by atoms with Gasteiger partial charge in [-0.15, -0.1) is 0 Å². The molecule has 4 rings (SSSR count). The van der Waals surface area contributed by atoms with Gasteiger partial charge in [-0.1, -0.05) is 24.3 Å². The summed E-state index contributed by atoms with van der Waals surface area (Å²) in [6.45, 7) is 0. The lowest BCUT2D eigenvalue weighted by Gasteiger charge is -2.03. The van der Waals surface area contributed by atoms with E-state index >= 15 is 0 Å².